The minimum atomic E-state index is -0.553. The summed E-state index contributed by atoms with van der Waals surface area (Å²) in [6.45, 7) is 2.00. The molecule has 1 unspecified atom stereocenters. The third-order valence-electron chi connectivity index (χ3n) is 3.47. The Kier molecular flexibility index (Phi) is 4.27. The van der Waals surface area contributed by atoms with Crippen LogP contribution in [0.25, 0.3) is 0 Å². The van der Waals surface area contributed by atoms with E-state index in [1.54, 1.807) is 6.92 Å². The summed E-state index contributed by atoms with van der Waals surface area (Å²) in [5, 5.41) is 11.4. The van der Waals surface area contributed by atoms with E-state index in [4.69, 9.17) is 11.6 Å². The lowest BCUT2D eigenvalue weighted by molar-refractivity contribution is -0.122. The monoisotopic (exact) mass is 354 g/mol. The number of rotatable bonds is 3. The zero-order valence-electron chi connectivity index (χ0n) is 12.0. The summed E-state index contributed by atoms with van der Waals surface area (Å²) in [5.74, 6) is -1.55. The van der Waals surface area contributed by atoms with Crippen LogP contribution in [0.4, 0.5) is 15.2 Å². The van der Waals surface area contributed by atoms with Gasteiger partial charge in [-0.25, -0.2) is 4.39 Å². The lowest BCUT2D eigenvalue weighted by Gasteiger charge is -2.17. The first-order chi connectivity index (χ1) is 10.9. The number of hydrogen-bond acceptors (Lipinski definition) is 5. The number of amides is 2. The number of carbonyl (C=O) groups excluding carboxylic acids is 2. The topological polar surface area (TPSA) is 75.2 Å². The van der Waals surface area contributed by atoms with Gasteiger partial charge < -0.3 is 10.2 Å². The molecule has 1 aromatic carbocycles. The van der Waals surface area contributed by atoms with Gasteiger partial charge in [-0.3, -0.25) is 9.59 Å². The van der Waals surface area contributed by atoms with Crippen molar-refractivity contribution in [2.45, 2.75) is 13.3 Å². The van der Waals surface area contributed by atoms with Gasteiger partial charge >= 0.3 is 0 Å². The Balaban J connectivity index is 1.71. The van der Waals surface area contributed by atoms with Gasteiger partial charge in [0.2, 0.25) is 16.9 Å². The smallest absolute Gasteiger partial charge is 0.231 e. The molecule has 0 radical (unpaired) electrons. The lowest BCUT2D eigenvalue weighted by Crippen LogP contribution is -2.28. The summed E-state index contributed by atoms with van der Waals surface area (Å²) >= 11 is 7.01. The van der Waals surface area contributed by atoms with Crippen molar-refractivity contribution >= 4 is 45.6 Å². The fraction of sp³-hybridized carbons (Fsp3) is 0.286. The van der Waals surface area contributed by atoms with Crippen LogP contribution in [0.15, 0.2) is 18.2 Å². The van der Waals surface area contributed by atoms with Gasteiger partial charge in [0.15, 0.2) is 0 Å². The number of anilines is 2. The Hall–Kier alpha value is -2.06. The van der Waals surface area contributed by atoms with E-state index in [0.29, 0.717) is 10.8 Å². The van der Waals surface area contributed by atoms with Gasteiger partial charge in [0.1, 0.15) is 10.8 Å². The highest BCUT2D eigenvalue weighted by molar-refractivity contribution is 7.15. The third kappa shape index (κ3) is 3.32. The number of nitrogens with zero attached hydrogens (tertiary/aromatic N) is 3. The molecule has 9 heteroatoms. The molecule has 2 heterocycles. The summed E-state index contributed by atoms with van der Waals surface area (Å²) in [6, 6.07) is 4.04. The van der Waals surface area contributed by atoms with Crippen LogP contribution in [0.2, 0.25) is 5.02 Å². The minimum Gasteiger partial charge on any atom is -0.312 e. The molecular weight excluding hydrogens is 343 g/mol. The number of aryl methyl sites for hydroxylation is 1. The van der Waals surface area contributed by atoms with Gasteiger partial charge in [0.25, 0.3) is 0 Å². The van der Waals surface area contributed by atoms with E-state index >= 15 is 0 Å². The van der Waals surface area contributed by atoms with Crippen LogP contribution >= 0.6 is 22.9 Å². The van der Waals surface area contributed by atoms with Crippen LogP contribution < -0.4 is 10.2 Å². The van der Waals surface area contributed by atoms with Gasteiger partial charge in [-0.05, 0) is 25.1 Å². The molecule has 0 spiro atoms. The second-order valence-electron chi connectivity index (χ2n) is 5.12. The summed E-state index contributed by atoms with van der Waals surface area (Å²) in [5.41, 5.74) is 0.475. The third-order valence-corrected chi connectivity index (χ3v) is 4.51. The van der Waals surface area contributed by atoms with Gasteiger partial charge in [0.05, 0.1) is 10.9 Å². The second kappa shape index (κ2) is 6.21. The first kappa shape index (κ1) is 15.8. The Morgan fingerprint density at radius 2 is 2.26 bits per heavy atom. The summed E-state index contributed by atoms with van der Waals surface area (Å²) in [4.78, 5) is 25.8. The van der Waals surface area contributed by atoms with Crippen LogP contribution in [-0.4, -0.2) is 28.6 Å². The average molecular weight is 355 g/mol. The molecule has 1 aromatic heterocycles. The van der Waals surface area contributed by atoms with E-state index in [1.165, 1.54) is 34.4 Å². The zero-order chi connectivity index (χ0) is 16.6. The normalized spacial score (nSPS) is 17.6. The lowest BCUT2D eigenvalue weighted by atomic mass is 10.1. The Morgan fingerprint density at radius 3 is 2.91 bits per heavy atom. The molecule has 120 valence electrons. The molecular formula is C14H12ClFN4O2S. The van der Waals surface area contributed by atoms with Crippen molar-refractivity contribution in [2.75, 3.05) is 16.8 Å². The number of nitrogens with one attached hydrogen (secondary N) is 1. The van der Waals surface area contributed by atoms with E-state index in [2.05, 4.69) is 15.5 Å². The fourth-order valence-electron chi connectivity index (χ4n) is 2.34. The average Bonchev–Trinajstić information content (AvgIpc) is 3.08. The standard InChI is InChI=1S/C14H12ClFN4O2S/c1-7-18-19-14(23-7)17-13(22)8-4-12(21)20(6-8)9-2-3-11(16)10(15)5-9/h2-3,5,8H,4,6H2,1H3,(H,17,19,22). The van der Waals surface area contributed by atoms with Crippen LogP contribution in [0.3, 0.4) is 0 Å². The molecule has 6 nitrogen and oxygen atoms in total. The molecule has 1 aliphatic rings. The largest absolute Gasteiger partial charge is 0.312 e. The summed E-state index contributed by atoms with van der Waals surface area (Å²) in [7, 11) is 0. The highest BCUT2D eigenvalue weighted by Crippen LogP contribution is 2.29. The maximum Gasteiger partial charge on any atom is 0.231 e. The second-order valence-corrected chi connectivity index (χ2v) is 6.71. The van der Waals surface area contributed by atoms with Crippen molar-refractivity contribution in [1.82, 2.24) is 10.2 Å². The summed E-state index contributed by atoms with van der Waals surface area (Å²) in [6.07, 6.45) is 0.0820. The Morgan fingerprint density at radius 1 is 1.48 bits per heavy atom. The Labute approximate surface area is 140 Å². The molecule has 2 amide bonds. The maximum absolute atomic E-state index is 13.2. The van der Waals surface area contributed by atoms with Crippen LogP contribution in [0.1, 0.15) is 11.4 Å². The molecule has 1 aliphatic heterocycles. The van der Waals surface area contributed by atoms with Gasteiger partial charge in [-0.1, -0.05) is 22.9 Å². The van der Waals surface area contributed by atoms with E-state index in [1.807, 2.05) is 0 Å². The van der Waals surface area contributed by atoms with Crippen LogP contribution in [-0.2, 0) is 9.59 Å². The van der Waals surface area contributed by atoms with E-state index in [9.17, 15) is 14.0 Å². The molecule has 2 aromatic rings. The molecule has 0 bridgehead atoms. The highest BCUT2D eigenvalue weighted by Gasteiger charge is 2.35. The maximum atomic E-state index is 13.2. The minimum absolute atomic E-state index is 0.0625. The number of benzene rings is 1. The van der Waals surface area contributed by atoms with Gasteiger partial charge in [-0.2, -0.15) is 0 Å². The van der Waals surface area contributed by atoms with Crippen LogP contribution in [0, 0.1) is 18.7 Å². The molecule has 0 aliphatic carbocycles. The van der Waals surface area contributed by atoms with E-state index < -0.39 is 11.7 Å². The molecule has 1 N–H and O–H groups in total. The molecule has 3 rings (SSSR count). The van der Waals surface area contributed by atoms with E-state index in [0.717, 1.165) is 5.01 Å². The fourth-order valence-corrected chi connectivity index (χ4v) is 3.11. The Bertz CT molecular complexity index is 782. The predicted octanol–water partition coefficient (Wildman–Crippen LogP) is 2.63. The molecule has 1 atom stereocenters. The van der Waals surface area contributed by atoms with Gasteiger partial charge in [0, 0.05) is 18.7 Å². The van der Waals surface area contributed by atoms with Crippen molar-refractivity contribution in [2.24, 2.45) is 5.92 Å². The quantitative estimate of drug-likeness (QED) is 0.919. The molecule has 1 fully saturated rings. The van der Waals surface area contributed by atoms with Crippen molar-refractivity contribution in [3.05, 3.63) is 34.0 Å². The number of hydrogen-bond donors (Lipinski definition) is 1. The van der Waals surface area contributed by atoms with Crippen molar-refractivity contribution in [1.29, 1.82) is 0 Å². The highest BCUT2D eigenvalue weighted by atomic mass is 35.5. The molecule has 1 saturated heterocycles. The van der Waals surface area contributed by atoms with Crippen molar-refractivity contribution in [3.8, 4) is 0 Å². The first-order valence-electron chi connectivity index (χ1n) is 6.80. The molecule has 23 heavy (non-hydrogen) atoms. The number of carbonyl (C=O) groups is 2. The van der Waals surface area contributed by atoms with Crippen molar-refractivity contribution < 1.29 is 14.0 Å². The SMILES string of the molecule is Cc1nnc(NC(=O)C2CC(=O)N(c3ccc(F)c(Cl)c3)C2)s1. The predicted molar refractivity (Wildman–Crippen MR) is 85.1 cm³/mol. The van der Waals surface area contributed by atoms with E-state index in [-0.39, 0.29) is 29.8 Å². The summed E-state index contributed by atoms with van der Waals surface area (Å²) < 4.78 is 13.2. The van der Waals surface area contributed by atoms with Crippen LogP contribution in [0.5, 0.6) is 0 Å². The number of halogens is 2. The zero-order valence-corrected chi connectivity index (χ0v) is 13.6. The molecule has 0 saturated carbocycles. The van der Waals surface area contributed by atoms with Crippen molar-refractivity contribution in [3.63, 3.8) is 0 Å². The van der Waals surface area contributed by atoms with Gasteiger partial charge in [-0.15, -0.1) is 10.2 Å². The first-order valence-corrected chi connectivity index (χ1v) is 8.00. The number of aromatic nitrogens is 2.